The average Bonchev–Trinajstić information content (AvgIpc) is 2.67. The Labute approximate surface area is 122 Å². The Balaban J connectivity index is 1.94. The molecule has 2 unspecified atom stereocenters. The van der Waals surface area contributed by atoms with E-state index in [1.54, 1.807) is 0 Å². The zero-order valence-corrected chi connectivity index (χ0v) is 13.0. The highest BCUT2D eigenvalue weighted by Crippen LogP contribution is 2.34. The van der Waals surface area contributed by atoms with E-state index in [0.717, 1.165) is 25.7 Å². The minimum absolute atomic E-state index is 0.122. The van der Waals surface area contributed by atoms with Gasteiger partial charge in [0.1, 0.15) is 0 Å². The van der Waals surface area contributed by atoms with Crippen LogP contribution >= 0.6 is 11.6 Å². The average molecular weight is 286 g/mol. The third kappa shape index (κ3) is 4.11. The van der Waals surface area contributed by atoms with Crippen molar-refractivity contribution in [3.05, 3.63) is 0 Å². The maximum atomic E-state index is 12.5. The number of carbonyl (C=O) groups is 1. The van der Waals surface area contributed by atoms with Gasteiger partial charge < -0.3 is 5.32 Å². The first-order chi connectivity index (χ1) is 9.15. The summed E-state index contributed by atoms with van der Waals surface area (Å²) in [5.74, 6) is 1.76. The van der Waals surface area contributed by atoms with Crippen LogP contribution in [0.15, 0.2) is 0 Å². The lowest BCUT2D eigenvalue weighted by molar-refractivity contribution is -0.127. The highest BCUT2D eigenvalue weighted by molar-refractivity contribution is 6.18. The van der Waals surface area contributed by atoms with Crippen LogP contribution in [0.25, 0.3) is 0 Å². The topological polar surface area (TPSA) is 29.1 Å². The fraction of sp³-hybridized carbons (Fsp3) is 0.938. The van der Waals surface area contributed by atoms with Crippen LogP contribution in [0.5, 0.6) is 0 Å². The predicted molar refractivity (Wildman–Crippen MR) is 80.4 cm³/mol. The van der Waals surface area contributed by atoms with Crippen molar-refractivity contribution in [1.29, 1.82) is 0 Å². The molecule has 0 radical (unpaired) electrons. The van der Waals surface area contributed by atoms with Crippen molar-refractivity contribution in [3.63, 3.8) is 0 Å². The second-order valence-corrected chi connectivity index (χ2v) is 7.06. The molecule has 3 heteroatoms. The summed E-state index contributed by atoms with van der Waals surface area (Å²) < 4.78 is 0. The molecule has 2 fully saturated rings. The van der Waals surface area contributed by atoms with Crippen LogP contribution in [0.3, 0.4) is 0 Å². The van der Waals surface area contributed by atoms with E-state index in [0.29, 0.717) is 11.8 Å². The quantitative estimate of drug-likeness (QED) is 0.609. The van der Waals surface area contributed by atoms with E-state index in [-0.39, 0.29) is 17.4 Å². The number of hydrogen-bond donors (Lipinski definition) is 1. The second-order valence-electron chi connectivity index (χ2n) is 6.79. The molecule has 0 saturated heterocycles. The third-order valence-electron chi connectivity index (χ3n) is 4.96. The Hall–Kier alpha value is -0.240. The van der Waals surface area contributed by atoms with Gasteiger partial charge in [-0.05, 0) is 31.6 Å². The van der Waals surface area contributed by atoms with Gasteiger partial charge in [-0.3, -0.25) is 4.79 Å². The van der Waals surface area contributed by atoms with E-state index >= 15 is 0 Å². The van der Waals surface area contributed by atoms with Gasteiger partial charge in [0.2, 0.25) is 5.91 Å². The number of hydrogen-bond acceptors (Lipinski definition) is 1. The molecule has 0 bridgehead atoms. The molecule has 0 heterocycles. The standard InChI is InChI=1S/C16H28ClNO/c1-13-7-6-10-16(11-13,12-17)18-15(19)14-8-4-2-3-5-9-14/h13-14H,2-12H2,1H3,(H,18,19). The van der Waals surface area contributed by atoms with E-state index in [9.17, 15) is 4.79 Å². The molecule has 0 spiro atoms. The molecule has 2 aliphatic rings. The van der Waals surface area contributed by atoms with E-state index < -0.39 is 0 Å². The molecule has 2 aliphatic carbocycles. The largest absolute Gasteiger partial charge is 0.349 e. The molecule has 110 valence electrons. The van der Waals surface area contributed by atoms with Crippen molar-refractivity contribution < 1.29 is 4.79 Å². The van der Waals surface area contributed by atoms with Gasteiger partial charge in [-0.2, -0.15) is 0 Å². The van der Waals surface area contributed by atoms with Crippen molar-refractivity contribution >= 4 is 17.5 Å². The van der Waals surface area contributed by atoms with E-state index in [1.807, 2.05) is 0 Å². The SMILES string of the molecule is CC1CCCC(CCl)(NC(=O)C2CCCCCC2)C1. The fourth-order valence-electron chi connectivity index (χ4n) is 3.83. The van der Waals surface area contributed by atoms with Gasteiger partial charge in [-0.15, -0.1) is 11.6 Å². The summed E-state index contributed by atoms with van der Waals surface area (Å²) in [6.45, 7) is 2.28. The molecule has 2 saturated carbocycles. The molecular formula is C16H28ClNO. The molecular weight excluding hydrogens is 258 g/mol. The molecule has 1 amide bonds. The highest BCUT2D eigenvalue weighted by Gasteiger charge is 2.37. The lowest BCUT2D eigenvalue weighted by Gasteiger charge is -2.40. The van der Waals surface area contributed by atoms with Gasteiger partial charge in [-0.1, -0.05) is 45.4 Å². The van der Waals surface area contributed by atoms with E-state index in [1.165, 1.54) is 38.5 Å². The van der Waals surface area contributed by atoms with Gasteiger partial charge in [0, 0.05) is 11.8 Å². The number of nitrogens with one attached hydrogen (secondary N) is 1. The number of halogens is 1. The van der Waals surface area contributed by atoms with Crippen LogP contribution in [0.2, 0.25) is 0 Å². The van der Waals surface area contributed by atoms with E-state index in [2.05, 4.69) is 12.2 Å². The minimum atomic E-state index is -0.122. The first-order valence-electron chi connectivity index (χ1n) is 8.03. The number of carbonyl (C=O) groups excluding carboxylic acids is 1. The Bertz CT molecular complexity index is 299. The van der Waals surface area contributed by atoms with Gasteiger partial charge in [0.25, 0.3) is 0 Å². The Morgan fingerprint density at radius 3 is 2.42 bits per heavy atom. The van der Waals surface area contributed by atoms with Crippen molar-refractivity contribution in [2.75, 3.05) is 5.88 Å². The van der Waals surface area contributed by atoms with Crippen LogP contribution in [-0.4, -0.2) is 17.3 Å². The van der Waals surface area contributed by atoms with Gasteiger partial charge in [-0.25, -0.2) is 0 Å². The van der Waals surface area contributed by atoms with Gasteiger partial charge >= 0.3 is 0 Å². The maximum absolute atomic E-state index is 12.5. The van der Waals surface area contributed by atoms with Crippen molar-refractivity contribution in [2.24, 2.45) is 11.8 Å². The van der Waals surface area contributed by atoms with Crippen LogP contribution in [-0.2, 0) is 4.79 Å². The van der Waals surface area contributed by atoms with Gasteiger partial charge in [0.15, 0.2) is 0 Å². The predicted octanol–water partition coefficient (Wildman–Crippen LogP) is 4.26. The molecule has 0 aromatic carbocycles. The number of alkyl halides is 1. The Kier molecular flexibility index (Phi) is 5.56. The van der Waals surface area contributed by atoms with Crippen molar-refractivity contribution in [3.8, 4) is 0 Å². The molecule has 19 heavy (non-hydrogen) atoms. The number of amides is 1. The zero-order valence-electron chi connectivity index (χ0n) is 12.2. The second kappa shape index (κ2) is 6.97. The maximum Gasteiger partial charge on any atom is 0.223 e. The molecule has 1 N–H and O–H groups in total. The molecule has 0 aromatic heterocycles. The van der Waals surface area contributed by atoms with Crippen LogP contribution < -0.4 is 5.32 Å². The van der Waals surface area contributed by atoms with Crippen LogP contribution in [0.4, 0.5) is 0 Å². The summed E-state index contributed by atoms with van der Waals surface area (Å²) in [5.41, 5.74) is -0.122. The minimum Gasteiger partial charge on any atom is -0.349 e. The number of rotatable bonds is 3. The lowest BCUT2D eigenvalue weighted by atomic mass is 9.77. The lowest BCUT2D eigenvalue weighted by Crippen LogP contribution is -2.54. The monoisotopic (exact) mass is 285 g/mol. The summed E-state index contributed by atoms with van der Waals surface area (Å²) in [4.78, 5) is 12.5. The van der Waals surface area contributed by atoms with Crippen molar-refractivity contribution in [2.45, 2.75) is 76.7 Å². The van der Waals surface area contributed by atoms with Gasteiger partial charge in [0.05, 0.1) is 5.54 Å². The Morgan fingerprint density at radius 1 is 1.16 bits per heavy atom. The molecule has 2 nitrogen and oxygen atoms in total. The first-order valence-corrected chi connectivity index (χ1v) is 8.57. The third-order valence-corrected chi connectivity index (χ3v) is 5.47. The Morgan fingerprint density at radius 2 is 1.84 bits per heavy atom. The summed E-state index contributed by atoms with van der Waals surface area (Å²) in [7, 11) is 0. The molecule has 0 aliphatic heterocycles. The van der Waals surface area contributed by atoms with Crippen LogP contribution in [0, 0.1) is 11.8 Å². The first kappa shape index (κ1) is 15.2. The molecule has 2 atom stereocenters. The molecule has 0 aromatic rings. The highest BCUT2D eigenvalue weighted by atomic mass is 35.5. The summed E-state index contributed by atoms with van der Waals surface area (Å²) in [5, 5.41) is 3.34. The van der Waals surface area contributed by atoms with E-state index in [4.69, 9.17) is 11.6 Å². The van der Waals surface area contributed by atoms with Crippen LogP contribution in [0.1, 0.15) is 71.1 Å². The summed E-state index contributed by atoms with van der Waals surface area (Å²) in [6, 6.07) is 0. The summed E-state index contributed by atoms with van der Waals surface area (Å²) in [6.07, 6.45) is 11.7. The normalized spacial score (nSPS) is 33.7. The smallest absolute Gasteiger partial charge is 0.223 e. The summed E-state index contributed by atoms with van der Waals surface area (Å²) >= 11 is 6.20. The zero-order chi connectivity index (χ0) is 13.7. The molecule has 2 rings (SSSR count). The fourth-order valence-corrected chi connectivity index (χ4v) is 4.14. The van der Waals surface area contributed by atoms with Crippen molar-refractivity contribution in [1.82, 2.24) is 5.32 Å².